The summed E-state index contributed by atoms with van der Waals surface area (Å²) in [4.78, 5) is 11.5. The number of nitrogens with zero attached hydrogens (tertiary/aromatic N) is 2. The van der Waals surface area contributed by atoms with E-state index in [1.54, 1.807) is 36.9 Å². The predicted octanol–water partition coefficient (Wildman–Crippen LogP) is 2.14. The molecule has 0 saturated heterocycles. The second-order valence-electron chi connectivity index (χ2n) is 3.15. The van der Waals surface area contributed by atoms with Crippen LogP contribution in [0.3, 0.4) is 0 Å². The minimum Gasteiger partial charge on any atom is -0.465 e. The number of hydrogen-bond donors (Lipinski definition) is 0. The van der Waals surface area contributed by atoms with Gasteiger partial charge in [-0.15, -0.1) is 0 Å². The molecule has 0 N–H and O–H groups in total. The van der Waals surface area contributed by atoms with Crippen molar-refractivity contribution in [3.05, 3.63) is 48.2 Å². The fourth-order valence-electron chi connectivity index (χ4n) is 1.15. The standard InChI is InChI=1S/C11H10N2O2/c1-9-7-12-13(8-9)11(14)5-4-10-3-2-6-15-10/h2-8H,1H3/b5-4+. The van der Waals surface area contributed by atoms with Crippen LogP contribution in [0.5, 0.6) is 0 Å². The zero-order valence-corrected chi connectivity index (χ0v) is 8.25. The summed E-state index contributed by atoms with van der Waals surface area (Å²) in [6.45, 7) is 1.88. The van der Waals surface area contributed by atoms with E-state index in [1.165, 1.54) is 10.8 Å². The Kier molecular flexibility index (Phi) is 2.49. The molecule has 4 nitrogen and oxygen atoms in total. The molecule has 0 aliphatic carbocycles. The average Bonchev–Trinajstić information content (AvgIpc) is 2.84. The molecule has 0 unspecified atom stereocenters. The van der Waals surface area contributed by atoms with E-state index in [1.807, 2.05) is 6.92 Å². The summed E-state index contributed by atoms with van der Waals surface area (Å²) in [7, 11) is 0. The summed E-state index contributed by atoms with van der Waals surface area (Å²) in [5, 5.41) is 3.90. The predicted molar refractivity (Wildman–Crippen MR) is 55.3 cm³/mol. The lowest BCUT2D eigenvalue weighted by Gasteiger charge is -1.91. The van der Waals surface area contributed by atoms with Gasteiger partial charge in [-0.25, -0.2) is 4.68 Å². The van der Waals surface area contributed by atoms with Gasteiger partial charge in [-0.3, -0.25) is 4.79 Å². The van der Waals surface area contributed by atoms with Gasteiger partial charge >= 0.3 is 0 Å². The normalized spacial score (nSPS) is 11.0. The molecule has 0 aromatic carbocycles. The van der Waals surface area contributed by atoms with Crippen LogP contribution in [0.4, 0.5) is 0 Å². The maximum Gasteiger partial charge on any atom is 0.270 e. The van der Waals surface area contributed by atoms with Crippen LogP contribution in [-0.4, -0.2) is 15.7 Å². The lowest BCUT2D eigenvalue weighted by molar-refractivity contribution is 0.0955. The van der Waals surface area contributed by atoms with Crippen molar-refractivity contribution in [3.8, 4) is 0 Å². The summed E-state index contributed by atoms with van der Waals surface area (Å²) < 4.78 is 6.34. The van der Waals surface area contributed by atoms with Crippen LogP contribution in [0.25, 0.3) is 6.08 Å². The number of carbonyl (C=O) groups excluding carboxylic acids is 1. The molecule has 2 aromatic rings. The van der Waals surface area contributed by atoms with E-state index >= 15 is 0 Å². The maximum atomic E-state index is 11.5. The summed E-state index contributed by atoms with van der Waals surface area (Å²) in [5.41, 5.74) is 0.953. The summed E-state index contributed by atoms with van der Waals surface area (Å²) in [5.74, 6) is 0.451. The van der Waals surface area contributed by atoms with Crippen molar-refractivity contribution < 1.29 is 9.21 Å². The molecule has 76 valence electrons. The Morgan fingerprint density at radius 3 is 3.07 bits per heavy atom. The van der Waals surface area contributed by atoms with E-state index in [-0.39, 0.29) is 5.91 Å². The third-order valence-corrected chi connectivity index (χ3v) is 1.87. The molecule has 0 radical (unpaired) electrons. The van der Waals surface area contributed by atoms with Crippen LogP contribution in [0.1, 0.15) is 16.1 Å². The van der Waals surface area contributed by atoms with Gasteiger partial charge < -0.3 is 4.42 Å². The lowest BCUT2D eigenvalue weighted by Crippen LogP contribution is -2.06. The van der Waals surface area contributed by atoms with E-state index in [0.717, 1.165) is 5.56 Å². The van der Waals surface area contributed by atoms with E-state index in [9.17, 15) is 4.79 Å². The Hall–Kier alpha value is -2.10. The Morgan fingerprint density at radius 2 is 2.47 bits per heavy atom. The van der Waals surface area contributed by atoms with Gasteiger partial charge in [-0.05, 0) is 30.7 Å². The van der Waals surface area contributed by atoms with Crippen LogP contribution in [0.15, 0.2) is 41.3 Å². The minimum absolute atomic E-state index is 0.195. The largest absolute Gasteiger partial charge is 0.465 e. The van der Waals surface area contributed by atoms with Crippen molar-refractivity contribution in [2.75, 3.05) is 0 Å². The topological polar surface area (TPSA) is 48.0 Å². The van der Waals surface area contributed by atoms with Gasteiger partial charge in [-0.1, -0.05) is 0 Å². The van der Waals surface area contributed by atoms with Gasteiger partial charge in [0.25, 0.3) is 5.91 Å². The van der Waals surface area contributed by atoms with E-state index in [4.69, 9.17) is 4.42 Å². The van der Waals surface area contributed by atoms with Crippen molar-refractivity contribution in [1.82, 2.24) is 9.78 Å². The van der Waals surface area contributed by atoms with Crippen LogP contribution in [0, 0.1) is 6.92 Å². The monoisotopic (exact) mass is 202 g/mol. The Balaban J connectivity index is 2.10. The molecule has 0 bridgehead atoms. The fraction of sp³-hybridized carbons (Fsp3) is 0.0909. The van der Waals surface area contributed by atoms with Crippen LogP contribution < -0.4 is 0 Å². The molecule has 0 spiro atoms. The van der Waals surface area contributed by atoms with Crippen molar-refractivity contribution in [2.45, 2.75) is 6.92 Å². The highest BCUT2D eigenvalue weighted by Crippen LogP contribution is 2.03. The number of aromatic nitrogens is 2. The van der Waals surface area contributed by atoms with Crippen LogP contribution >= 0.6 is 0 Å². The second-order valence-corrected chi connectivity index (χ2v) is 3.15. The van der Waals surface area contributed by atoms with E-state index in [2.05, 4.69) is 5.10 Å². The number of allylic oxidation sites excluding steroid dienone is 1. The highest BCUT2D eigenvalue weighted by atomic mass is 16.3. The number of furan rings is 1. The molecule has 0 saturated carbocycles. The van der Waals surface area contributed by atoms with E-state index in [0.29, 0.717) is 5.76 Å². The summed E-state index contributed by atoms with van der Waals surface area (Å²) >= 11 is 0. The molecule has 2 heterocycles. The third-order valence-electron chi connectivity index (χ3n) is 1.87. The molecule has 0 fully saturated rings. The molecule has 0 amide bonds. The first-order valence-electron chi connectivity index (χ1n) is 4.53. The number of aryl methyl sites for hydroxylation is 1. The van der Waals surface area contributed by atoms with Crippen molar-refractivity contribution in [3.63, 3.8) is 0 Å². The van der Waals surface area contributed by atoms with Gasteiger partial charge in [0, 0.05) is 12.3 Å². The molecular weight excluding hydrogens is 192 g/mol. The van der Waals surface area contributed by atoms with Gasteiger partial charge in [0.15, 0.2) is 0 Å². The maximum absolute atomic E-state index is 11.5. The first-order valence-corrected chi connectivity index (χ1v) is 4.53. The molecule has 0 atom stereocenters. The second kappa shape index (κ2) is 3.96. The van der Waals surface area contributed by atoms with Gasteiger partial charge in [0.05, 0.1) is 12.5 Å². The Morgan fingerprint density at radius 1 is 1.60 bits per heavy atom. The molecule has 2 rings (SSSR count). The highest BCUT2D eigenvalue weighted by Gasteiger charge is 2.01. The number of hydrogen-bond acceptors (Lipinski definition) is 3. The first kappa shape index (κ1) is 9.45. The average molecular weight is 202 g/mol. The highest BCUT2D eigenvalue weighted by molar-refractivity contribution is 5.92. The summed E-state index contributed by atoms with van der Waals surface area (Å²) in [6.07, 6.45) is 7.90. The minimum atomic E-state index is -0.195. The van der Waals surface area contributed by atoms with Crippen LogP contribution in [-0.2, 0) is 0 Å². The van der Waals surface area contributed by atoms with E-state index < -0.39 is 0 Å². The zero-order chi connectivity index (χ0) is 10.7. The lowest BCUT2D eigenvalue weighted by atomic mass is 10.4. The smallest absolute Gasteiger partial charge is 0.270 e. The van der Waals surface area contributed by atoms with Gasteiger partial charge in [-0.2, -0.15) is 5.10 Å². The molecule has 0 aliphatic rings. The molecule has 4 heteroatoms. The fourth-order valence-corrected chi connectivity index (χ4v) is 1.15. The van der Waals surface area contributed by atoms with Crippen molar-refractivity contribution in [1.29, 1.82) is 0 Å². The van der Waals surface area contributed by atoms with Gasteiger partial charge in [0.1, 0.15) is 5.76 Å². The number of carbonyl (C=O) groups is 1. The van der Waals surface area contributed by atoms with Crippen LogP contribution in [0.2, 0.25) is 0 Å². The summed E-state index contributed by atoms with van der Waals surface area (Å²) in [6, 6.07) is 3.54. The first-order chi connectivity index (χ1) is 7.25. The van der Waals surface area contributed by atoms with Crippen molar-refractivity contribution >= 4 is 12.0 Å². The molecule has 15 heavy (non-hydrogen) atoms. The SMILES string of the molecule is Cc1cnn(C(=O)/C=C/c2ccco2)c1. The zero-order valence-electron chi connectivity index (χ0n) is 8.25. The Labute approximate surface area is 86.8 Å². The Bertz CT molecular complexity index is 480. The third kappa shape index (κ3) is 2.22. The molecular formula is C11H10N2O2. The van der Waals surface area contributed by atoms with Crippen molar-refractivity contribution in [2.24, 2.45) is 0 Å². The van der Waals surface area contributed by atoms with Gasteiger partial charge in [0.2, 0.25) is 0 Å². The quantitative estimate of drug-likeness (QED) is 0.701. The number of rotatable bonds is 2. The molecule has 0 aliphatic heterocycles. The molecule has 2 aromatic heterocycles.